The summed E-state index contributed by atoms with van der Waals surface area (Å²) in [4.78, 5) is 27.7. The second kappa shape index (κ2) is 7.32. The van der Waals surface area contributed by atoms with Crippen LogP contribution in [0.4, 0.5) is 5.69 Å². The number of methoxy groups -OCH3 is 1. The van der Waals surface area contributed by atoms with Gasteiger partial charge in [-0.05, 0) is 59.8 Å². The molecule has 0 saturated carbocycles. The zero-order valence-electron chi connectivity index (χ0n) is 13.6. The van der Waals surface area contributed by atoms with Gasteiger partial charge < -0.3 is 20.3 Å². The molecule has 1 aliphatic rings. The van der Waals surface area contributed by atoms with Crippen molar-refractivity contribution in [3.63, 3.8) is 0 Å². The fourth-order valence-electron chi connectivity index (χ4n) is 2.21. The summed E-state index contributed by atoms with van der Waals surface area (Å²) in [6.45, 7) is 0. The highest BCUT2D eigenvalue weighted by atomic mass is 32.2. The third kappa shape index (κ3) is 3.86. The van der Waals surface area contributed by atoms with Crippen molar-refractivity contribution in [1.82, 2.24) is 5.32 Å². The SMILES string of the molecule is COc1cc(/C=C2\SC(=Nc3ccc(C(=O)O)cc3)NC2=O)ccc1O. The van der Waals surface area contributed by atoms with E-state index in [0.717, 1.165) is 0 Å². The summed E-state index contributed by atoms with van der Waals surface area (Å²) >= 11 is 1.17. The highest BCUT2D eigenvalue weighted by Gasteiger charge is 2.24. The molecule has 1 heterocycles. The van der Waals surface area contributed by atoms with Gasteiger partial charge >= 0.3 is 5.97 Å². The highest BCUT2D eigenvalue weighted by Crippen LogP contribution is 2.31. The van der Waals surface area contributed by atoms with E-state index in [4.69, 9.17) is 9.84 Å². The zero-order chi connectivity index (χ0) is 18.7. The summed E-state index contributed by atoms with van der Waals surface area (Å²) in [6.07, 6.45) is 1.66. The number of aromatic carboxylic acids is 1. The van der Waals surface area contributed by atoms with Crippen molar-refractivity contribution < 1.29 is 24.5 Å². The van der Waals surface area contributed by atoms with E-state index in [-0.39, 0.29) is 17.2 Å². The van der Waals surface area contributed by atoms with Crippen molar-refractivity contribution in [2.24, 2.45) is 4.99 Å². The Labute approximate surface area is 153 Å². The van der Waals surface area contributed by atoms with Gasteiger partial charge in [0.2, 0.25) is 0 Å². The number of nitrogens with zero attached hydrogens (tertiary/aromatic N) is 1. The number of hydrogen-bond acceptors (Lipinski definition) is 6. The number of carboxylic acids is 1. The van der Waals surface area contributed by atoms with Crippen LogP contribution in [-0.2, 0) is 4.79 Å². The first-order chi connectivity index (χ1) is 12.5. The molecule has 26 heavy (non-hydrogen) atoms. The molecule has 1 fully saturated rings. The number of carbonyl (C=O) groups is 2. The number of benzene rings is 2. The Morgan fingerprint density at radius 3 is 2.62 bits per heavy atom. The maximum Gasteiger partial charge on any atom is 0.335 e. The Hall–Kier alpha value is -3.26. The standard InChI is InChI=1S/C18H14N2O5S/c1-25-14-8-10(2-7-13(14)21)9-15-16(22)20-18(26-15)19-12-5-3-11(4-6-12)17(23)24/h2-9,21H,1H3,(H,23,24)(H,19,20,22)/b15-9-. The molecule has 0 radical (unpaired) electrons. The molecule has 8 heteroatoms. The van der Waals surface area contributed by atoms with Crippen LogP contribution in [-0.4, -0.2) is 34.4 Å². The molecule has 3 rings (SSSR count). The van der Waals surface area contributed by atoms with Crippen molar-refractivity contribution in [1.29, 1.82) is 0 Å². The predicted molar refractivity (Wildman–Crippen MR) is 98.9 cm³/mol. The molecule has 0 bridgehead atoms. The zero-order valence-corrected chi connectivity index (χ0v) is 14.4. The Morgan fingerprint density at radius 2 is 1.96 bits per heavy atom. The van der Waals surface area contributed by atoms with Gasteiger partial charge in [0, 0.05) is 0 Å². The van der Waals surface area contributed by atoms with Crippen molar-refractivity contribution in [2.75, 3.05) is 7.11 Å². The molecule has 0 aromatic heterocycles. The van der Waals surface area contributed by atoms with E-state index in [0.29, 0.717) is 27.1 Å². The number of thioether (sulfide) groups is 1. The average Bonchev–Trinajstić information content (AvgIpc) is 2.96. The summed E-state index contributed by atoms with van der Waals surface area (Å²) in [5, 5.41) is 21.6. The number of carbonyl (C=O) groups excluding carboxylic acids is 1. The number of carboxylic acid groups (broad SMARTS) is 1. The number of amidine groups is 1. The molecule has 2 aromatic carbocycles. The monoisotopic (exact) mass is 370 g/mol. The number of rotatable bonds is 4. The lowest BCUT2D eigenvalue weighted by atomic mass is 10.2. The van der Waals surface area contributed by atoms with Crippen molar-refractivity contribution in [3.8, 4) is 11.5 Å². The second-order valence-electron chi connectivity index (χ2n) is 5.27. The van der Waals surface area contributed by atoms with E-state index in [1.807, 2.05) is 0 Å². The molecule has 1 saturated heterocycles. The van der Waals surface area contributed by atoms with Gasteiger partial charge in [0.05, 0.1) is 23.3 Å². The van der Waals surface area contributed by atoms with Crippen LogP contribution in [0.1, 0.15) is 15.9 Å². The number of aliphatic imine (C=N–C) groups is 1. The lowest BCUT2D eigenvalue weighted by Gasteiger charge is -2.03. The summed E-state index contributed by atoms with van der Waals surface area (Å²) in [5.74, 6) is -0.967. The first-order valence-corrected chi connectivity index (χ1v) is 8.28. The first kappa shape index (κ1) is 17.6. The lowest BCUT2D eigenvalue weighted by molar-refractivity contribution is -0.115. The number of phenols is 1. The largest absolute Gasteiger partial charge is 0.504 e. The van der Waals surface area contributed by atoms with Gasteiger partial charge in [-0.25, -0.2) is 9.79 Å². The Balaban J connectivity index is 1.80. The van der Waals surface area contributed by atoms with Crippen LogP contribution in [0.2, 0.25) is 0 Å². The Morgan fingerprint density at radius 1 is 1.23 bits per heavy atom. The van der Waals surface area contributed by atoms with Crippen LogP contribution in [0.3, 0.4) is 0 Å². The van der Waals surface area contributed by atoms with Gasteiger partial charge in [-0.1, -0.05) is 6.07 Å². The van der Waals surface area contributed by atoms with Crippen LogP contribution in [0.5, 0.6) is 11.5 Å². The molecule has 7 nitrogen and oxygen atoms in total. The molecule has 1 amide bonds. The van der Waals surface area contributed by atoms with E-state index in [1.165, 1.54) is 37.1 Å². The van der Waals surface area contributed by atoms with Crippen molar-refractivity contribution >= 4 is 40.6 Å². The van der Waals surface area contributed by atoms with E-state index in [2.05, 4.69) is 10.3 Å². The molecule has 0 aliphatic carbocycles. The van der Waals surface area contributed by atoms with Gasteiger partial charge in [0.25, 0.3) is 5.91 Å². The van der Waals surface area contributed by atoms with Crippen LogP contribution in [0.25, 0.3) is 6.08 Å². The second-order valence-corrected chi connectivity index (χ2v) is 6.30. The minimum absolute atomic E-state index is 0.0187. The van der Waals surface area contributed by atoms with E-state index < -0.39 is 5.97 Å². The van der Waals surface area contributed by atoms with Gasteiger partial charge in [-0.2, -0.15) is 0 Å². The molecule has 132 valence electrons. The van der Waals surface area contributed by atoms with Gasteiger partial charge in [0.1, 0.15) is 0 Å². The fraction of sp³-hybridized carbons (Fsp3) is 0.0556. The lowest BCUT2D eigenvalue weighted by Crippen LogP contribution is -2.19. The van der Waals surface area contributed by atoms with E-state index in [1.54, 1.807) is 30.3 Å². The Bertz CT molecular complexity index is 935. The maximum atomic E-state index is 12.1. The summed E-state index contributed by atoms with van der Waals surface area (Å²) in [6, 6.07) is 10.8. The highest BCUT2D eigenvalue weighted by molar-refractivity contribution is 8.18. The van der Waals surface area contributed by atoms with Crippen molar-refractivity contribution in [2.45, 2.75) is 0 Å². The van der Waals surface area contributed by atoms with E-state index in [9.17, 15) is 14.7 Å². The van der Waals surface area contributed by atoms with Crippen LogP contribution in [0.15, 0.2) is 52.4 Å². The third-order valence-corrected chi connectivity index (χ3v) is 4.41. The molecule has 2 aromatic rings. The predicted octanol–water partition coefficient (Wildman–Crippen LogP) is 2.99. The quantitative estimate of drug-likeness (QED) is 0.714. The molecule has 0 atom stereocenters. The first-order valence-electron chi connectivity index (χ1n) is 7.46. The smallest absolute Gasteiger partial charge is 0.335 e. The maximum absolute atomic E-state index is 12.1. The average molecular weight is 370 g/mol. The molecule has 0 unspecified atom stereocenters. The van der Waals surface area contributed by atoms with Gasteiger partial charge in [-0.3, -0.25) is 4.79 Å². The minimum atomic E-state index is -1.01. The molecular formula is C18H14N2O5S. The van der Waals surface area contributed by atoms with E-state index >= 15 is 0 Å². The normalized spacial score (nSPS) is 16.7. The van der Waals surface area contributed by atoms with Crippen LogP contribution >= 0.6 is 11.8 Å². The number of phenolic OH excluding ortho intramolecular Hbond substituents is 1. The number of hydrogen-bond donors (Lipinski definition) is 3. The minimum Gasteiger partial charge on any atom is -0.504 e. The Kier molecular flexibility index (Phi) is 4.94. The number of ether oxygens (including phenoxy) is 1. The van der Waals surface area contributed by atoms with Crippen LogP contribution in [0, 0.1) is 0 Å². The molecule has 0 spiro atoms. The number of nitrogens with one attached hydrogen (secondary N) is 1. The van der Waals surface area contributed by atoms with Gasteiger partial charge in [-0.15, -0.1) is 0 Å². The summed E-state index contributed by atoms with van der Waals surface area (Å²) in [5.41, 5.74) is 1.40. The molecular weight excluding hydrogens is 356 g/mol. The summed E-state index contributed by atoms with van der Waals surface area (Å²) < 4.78 is 5.05. The third-order valence-electron chi connectivity index (χ3n) is 3.50. The number of amides is 1. The topological polar surface area (TPSA) is 108 Å². The van der Waals surface area contributed by atoms with Crippen LogP contribution < -0.4 is 10.1 Å². The number of aromatic hydroxyl groups is 1. The summed E-state index contributed by atoms with van der Waals surface area (Å²) in [7, 11) is 1.45. The molecule has 1 aliphatic heterocycles. The van der Waals surface area contributed by atoms with Crippen molar-refractivity contribution in [3.05, 3.63) is 58.5 Å². The molecule has 3 N–H and O–H groups in total. The van der Waals surface area contributed by atoms with Gasteiger partial charge in [0.15, 0.2) is 16.7 Å². The fourth-order valence-corrected chi connectivity index (χ4v) is 3.05.